The molecule has 0 bridgehead atoms. The largest absolute Gasteiger partial charge is 0.591 e. The van der Waals surface area contributed by atoms with Crippen molar-refractivity contribution in [3.8, 4) is 11.5 Å². The number of methoxy groups -OCH3 is 2. The zero-order valence-electron chi connectivity index (χ0n) is 17.1. The second kappa shape index (κ2) is 8.42. The SMILES string of the molecule is COC(=O)c1ccc([C@H]2CC(=N[S+]([O-])C(C)(C)C)c3ccc(OC)cc3O2)nc1. The summed E-state index contributed by atoms with van der Waals surface area (Å²) in [4.78, 5) is 16.0. The number of rotatable bonds is 4. The summed E-state index contributed by atoms with van der Waals surface area (Å²) in [5, 5.41) is 0. The Morgan fingerprint density at radius 2 is 2.03 bits per heavy atom. The average Bonchev–Trinajstić information content (AvgIpc) is 2.71. The third-order valence-electron chi connectivity index (χ3n) is 4.40. The van der Waals surface area contributed by atoms with E-state index in [-0.39, 0.29) is 0 Å². The molecule has 0 saturated heterocycles. The van der Waals surface area contributed by atoms with E-state index in [4.69, 9.17) is 14.2 Å². The standard InChI is InChI=1S/C21H24N2O5S/c1-21(2,3)29(25)23-17-11-19(16-9-6-13(12-22-16)20(24)27-5)28-18-10-14(26-4)7-8-15(17)18/h6-10,12,19H,11H2,1-5H3/t19-,29?/m1/s1. The topological polar surface area (TPSA) is 93.1 Å². The fraction of sp³-hybridized carbons (Fsp3) is 0.381. The molecule has 2 heterocycles. The van der Waals surface area contributed by atoms with Crippen LogP contribution < -0.4 is 9.47 Å². The highest BCUT2D eigenvalue weighted by Gasteiger charge is 2.33. The van der Waals surface area contributed by atoms with Crippen LogP contribution in [0.3, 0.4) is 0 Å². The van der Waals surface area contributed by atoms with Crippen molar-refractivity contribution in [3.05, 3.63) is 53.3 Å². The zero-order valence-corrected chi connectivity index (χ0v) is 17.9. The molecule has 29 heavy (non-hydrogen) atoms. The van der Waals surface area contributed by atoms with Gasteiger partial charge in [0, 0.05) is 24.2 Å². The molecule has 1 aromatic carbocycles. The molecule has 0 fully saturated rings. The number of nitrogens with zero attached hydrogens (tertiary/aromatic N) is 2. The first kappa shape index (κ1) is 21.1. The van der Waals surface area contributed by atoms with E-state index in [2.05, 4.69) is 9.38 Å². The van der Waals surface area contributed by atoms with E-state index >= 15 is 0 Å². The van der Waals surface area contributed by atoms with Gasteiger partial charge in [-0.25, -0.2) is 4.79 Å². The van der Waals surface area contributed by atoms with Gasteiger partial charge in [0.05, 0.1) is 25.5 Å². The van der Waals surface area contributed by atoms with Crippen LogP contribution in [0.5, 0.6) is 11.5 Å². The smallest absolute Gasteiger partial charge is 0.339 e. The van der Waals surface area contributed by atoms with E-state index in [9.17, 15) is 9.35 Å². The maximum absolute atomic E-state index is 12.7. The number of benzene rings is 1. The third kappa shape index (κ3) is 4.71. The highest BCUT2D eigenvalue weighted by molar-refractivity contribution is 7.91. The van der Waals surface area contributed by atoms with Gasteiger partial charge in [0.2, 0.25) is 0 Å². The van der Waals surface area contributed by atoms with Crippen LogP contribution in [-0.2, 0) is 16.1 Å². The molecule has 2 atom stereocenters. The quantitative estimate of drug-likeness (QED) is 0.558. The van der Waals surface area contributed by atoms with E-state index in [0.717, 1.165) is 5.56 Å². The fourth-order valence-electron chi connectivity index (χ4n) is 2.77. The Kier molecular flexibility index (Phi) is 6.14. The minimum Gasteiger partial charge on any atom is -0.591 e. The van der Waals surface area contributed by atoms with Gasteiger partial charge >= 0.3 is 5.97 Å². The Morgan fingerprint density at radius 3 is 2.62 bits per heavy atom. The Hall–Kier alpha value is -2.58. The Labute approximate surface area is 173 Å². The van der Waals surface area contributed by atoms with Crippen molar-refractivity contribution in [1.29, 1.82) is 0 Å². The molecule has 0 N–H and O–H groups in total. The van der Waals surface area contributed by atoms with Gasteiger partial charge < -0.3 is 18.8 Å². The maximum Gasteiger partial charge on any atom is 0.339 e. The summed E-state index contributed by atoms with van der Waals surface area (Å²) in [5.41, 5.74) is 2.47. The summed E-state index contributed by atoms with van der Waals surface area (Å²) in [7, 11) is 2.90. The minimum atomic E-state index is -1.41. The number of pyridine rings is 1. The average molecular weight is 416 g/mol. The summed E-state index contributed by atoms with van der Waals surface area (Å²) < 4.78 is 32.8. The van der Waals surface area contributed by atoms with E-state index in [1.807, 2.05) is 32.9 Å². The number of hydrogen-bond donors (Lipinski definition) is 0. The molecule has 2 aromatic rings. The first-order chi connectivity index (χ1) is 13.7. The number of fused-ring (bicyclic) bond motifs is 1. The molecule has 0 radical (unpaired) electrons. The van der Waals surface area contributed by atoms with Crippen LogP contribution in [0.2, 0.25) is 0 Å². The Bertz CT molecular complexity index is 922. The lowest BCUT2D eigenvalue weighted by atomic mass is 9.97. The predicted octanol–water partition coefficient (Wildman–Crippen LogP) is 3.65. The number of hydrogen-bond acceptors (Lipinski definition) is 7. The monoisotopic (exact) mass is 416 g/mol. The van der Waals surface area contributed by atoms with Gasteiger partial charge in [0.1, 0.15) is 39.4 Å². The molecule has 0 saturated carbocycles. The lowest BCUT2D eigenvalue weighted by molar-refractivity contribution is 0.0600. The van der Waals surface area contributed by atoms with Gasteiger partial charge in [-0.05, 0) is 45.0 Å². The van der Waals surface area contributed by atoms with Gasteiger partial charge in [0.25, 0.3) is 0 Å². The highest BCUT2D eigenvalue weighted by atomic mass is 32.2. The van der Waals surface area contributed by atoms with Crippen molar-refractivity contribution in [1.82, 2.24) is 4.98 Å². The lowest BCUT2D eigenvalue weighted by Crippen LogP contribution is -2.29. The van der Waals surface area contributed by atoms with E-state index < -0.39 is 28.2 Å². The molecule has 0 amide bonds. The van der Waals surface area contributed by atoms with Crippen LogP contribution in [-0.4, -0.2) is 40.2 Å². The number of ether oxygens (including phenoxy) is 3. The maximum atomic E-state index is 12.7. The second-order valence-corrected chi connectivity index (χ2v) is 9.44. The predicted molar refractivity (Wildman–Crippen MR) is 111 cm³/mol. The van der Waals surface area contributed by atoms with Crippen molar-refractivity contribution in [2.45, 2.75) is 38.0 Å². The van der Waals surface area contributed by atoms with Gasteiger partial charge in [-0.1, -0.05) is 4.40 Å². The summed E-state index contributed by atoms with van der Waals surface area (Å²) in [6.07, 6.45) is 1.43. The van der Waals surface area contributed by atoms with E-state index in [1.54, 1.807) is 25.3 Å². The van der Waals surface area contributed by atoms with E-state index in [0.29, 0.717) is 34.9 Å². The van der Waals surface area contributed by atoms with Crippen molar-refractivity contribution < 1.29 is 23.6 Å². The van der Waals surface area contributed by atoms with Gasteiger partial charge in [-0.2, -0.15) is 0 Å². The number of carbonyl (C=O) groups is 1. The Morgan fingerprint density at radius 1 is 1.28 bits per heavy atom. The molecular weight excluding hydrogens is 392 g/mol. The van der Waals surface area contributed by atoms with Crippen LogP contribution in [0.25, 0.3) is 0 Å². The molecular formula is C21H24N2O5S. The molecule has 3 rings (SSSR count). The normalized spacial score (nSPS) is 18.6. The van der Waals surface area contributed by atoms with Crippen molar-refractivity contribution >= 4 is 23.0 Å². The molecule has 8 heteroatoms. The van der Waals surface area contributed by atoms with Crippen LogP contribution >= 0.6 is 0 Å². The van der Waals surface area contributed by atoms with Gasteiger partial charge in [-0.15, -0.1) is 0 Å². The summed E-state index contributed by atoms with van der Waals surface area (Å²) in [5.74, 6) is 0.783. The number of aromatic nitrogens is 1. The Balaban J connectivity index is 1.99. The first-order valence-electron chi connectivity index (χ1n) is 9.12. The molecule has 1 aromatic heterocycles. The second-order valence-electron chi connectivity index (χ2n) is 7.54. The van der Waals surface area contributed by atoms with Crippen LogP contribution in [0, 0.1) is 0 Å². The van der Waals surface area contributed by atoms with Crippen molar-refractivity contribution in [2.24, 2.45) is 4.40 Å². The molecule has 1 unspecified atom stereocenters. The van der Waals surface area contributed by atoms with Crippen LogP contribution in [0.4, 0.5) is 0 Å². The molecule has 7 nitrogen and oxygen atoms in total. The van der Waals surface area contributed by atoms with Crippen molar-refractivity contribution in [3.63, 3.8) is 0 Å². The lowest BCUT2D eigenvalue weighted by Gasteiger charge is -2.28. The zero-order chi connectivity index (χ0) is 21.2. The molecule has 0 spiro atoms. The minimum absolute atomic E-state index is 0.358. The molecule has 0 aliphatic carbocycles. The van der Waals surface area contributed by atoms with Crippen LogP contribution in [0.1, 0.15) is 54.9 Å². The third-order valence-corrected chi connectivity index (χ3v) is 5.84. The van der Waals surface area contributed by atoms with Crippen molar-refractivity contribution in [2.75, 3.05) is 14.2 Å². The summed E-state index contributed by atoms with van der Waals surface area (Å²) in [6.45, 7) is 5.64. The first-order valence-corrected chi connectivity index (χ1v) is 10.2. The molecule has 154 valence electrons. The molecule has 1 aliphatic heterocycles. The molecule has 1 aliphatic rings. The highest BCUT2D eigenvalue weighted by Crippen LogP contribution is 2.37. The van der Waals surface area contributed by atoms with Gasteiger partial charge in [-0.3, -0.25) is 4.98 Å². The summed E-state index contributed by atoms with van der Waals surface area (Å²) in [6, 6.07) is 8.82. The van der Waals surface area contributed by atoms with Gasteiger partial charge in [0.15, 0.2) is 0 Å². The fourth-order valence-corrected chi connectivity index (χ4v) is 3.42. The number of carbonyl (C=O) groups excluding carboxylic acids is 1. The summed E-state index contributed by atoms with van der Waals surface area (Å²) >= 11 is -1.41. The number of esters is 1. The van der Waals surface area contributed by atoms with E-state index in [1.165, 1.54) is 13.3 Å². The van der Waals surface area contributed by atoms with Crippen LogP contribution in [0.15, 0.2) is 40.9 Å².